The second kappa shape index (κ2) is 9.65. The van der Waals surface area contributed by atoms with E-state index in [0.717, 1.165) is 30.2 Å². The number of nitrogens with zero attached hydrogens (tertiary/aromatic N) is 3. The van der Waals surface area contributed by atoms with Crippen LogP contribution in [0.25, 0.3) is 28.6 Å². The Hall–Kier alpha value is -4.47. The molecule has 36 heavy (non-hydrogen) atoms. The minimum Gasteiger partial charge on any atom is -0.350 e. The summed E-state index contributed by atoms with van der Waals surface area (Å²) >= 11 is 0. The Morgan fingerprint density at radius 3 is 2.53 bits per heavy atom. The molecule has 1 amide bonds. The van der Waals surface area contributed by atoms with Crippen LogP contribution in [0.1, 0.15) is 24.0 Å². The minimum absolute atomic E-state index is 0.123. The van der Waals surface area contributed by atoms with Crippen molar-refractivity contribution in [3.05, 3.63) is 84.3 Å². The molecule has 0 radical (unpaired) electrons. The van der Waals surface area contributed by atoms with Crippen molar-refractivity contribution in [2.75, 3.05) is 5.32 Å². The molecule has 1 saturated carbocycles. The molecule has 0 spiro atoms. The summed E-state index contributed by atoms with van der Waals surface area (Å²) in [6.45, 7) is 0. The quantitative estimate of drug-likeness (QED) is 0.294. The number of aromatic nitrogens is 4. The van der Waals surface area contributed by atoms with Crippen molar-refractivity contribution < 1.29 is 18.0 Å². The molecular formula is C26H21F3N6O. The van der Waals surface area contributed by atoms with E-state index in [1.54, 1.807) is 67.0 Å². The SMILES string of the molecule is O=C(/C=C/c1cccc(-c2ncc(C(F)(F)F)c(Nc3ccc(-c4cn[nH]c4)cc3)n2)c1)NC1CC1. The van der Waals surface area contributed by atoms with Crippen molar-refractivity contribution >= 4 is 23.5 Å². The molecule has 3 N–H and O–H groups in total. The Morgan fingerprint density at radius 1 is 1.03 bits per heavy atom. The van der Waals surface area contributed by atoms with Gasteiger partial charge in [0.2, 0.25) is 5.91 Å². The maximum atomic E-state index is 13.7. The molecule has 0 atom stereocenters. The molecule has 0 aliphatic heterocycles. The number of rotatable bonds is 7. The van der Waals surface area contributed by atoms with Gasteiger partial charge in [-0.2, -0.15) is 18.3 Å². The zero-order valence-electron chi connectivity index (χ0n) is 18.9. The zero-order chi connectivity index (χ0) is 25.1. The van der Waals surface area contributed by atoms with Gasteiger partial charge in [-0.1, -0.05) is 30.3 Å². The Bertz CT molecular complexity index is 1390. The third-order valence-corrected chi connectivity index (χ3v) is 5.57. The van der Waals surface area contributed by atoms with Gasteiger partial charge in [0.25, 0.3) is 0 Å². The molecule has 10 heteroatoms. The van der Waals surface area contributed by atoms with Crippen LogP contribution in [-0.2, 0) is 11.0 Å². The number of nitrogens with one attached hydrogen (secondary N) is 3. The van der Waals surface area contributed by atoms with Crippen molar-refractivity contribution in [1.29, 1.82) is 0 Å². The molecule has 7 nitrogen and oxygen atoms in total. The number of anilines is 2. The van der Waals surface area contributed by atoms with Crippen LogP contribution in [0.2, 0.25) is 0 Å². The molecule has 0 saturated heterocycles. The zero-order valence-corrected chi connectivity index (χ0v) is 18.9. The van der Waals surface area contributed by atoms with Crippen LogP contribution in [0.3, 0.4) is 0 Å². The highest BCUT2D eigenvalue weighted by Gasteiger charge is 2.35. The predicted octanol–water partition coefficient (Wildman–Crippen LogP) is 5.59. The summed E-state index contributed by atoms with van der Waals surface area (Å²) in [5.74, 6) is -0.412. The van der Waals surface area contributed by atoms with Crippen LogP contribution >= 0.6 is 0 Å². The van der Waals surface area contributed by atoms with Crippen LogP contribution in [0.15, 0.2) is 73.2 Å². The highest BCUT2D eigenvalue weighted by atomic mass is 19.4. The van der Waals surface area contributed by atoms with Gasteiger partial charge in [0.1, 0.15) is 11.4 Å². The Kier molecular flexibility index (Phi) is 6.24. The van der Waals surface area contributed by atoms with Crippen molar-refractivity contribution in [2.24, 2.45) is 0 Å². The highest BCUT2D eigenvalue weighted by molar-refractivity contribution is 5.92. The molecule has 1 aliphatic carbocycles. The summed E-state index contributed by atoms with van der Waals surface area (Å²) in [5, 5.41) is 12.3. The molecular weight excluding hydrogens is 469 g/mol. The summed E-state index contributed by atoms with van der Waals surface area (Å²) in [5.41, 5.74) is 2.41. The second-order valence-electron chi connectivity index (χ2n) is 8.38. The fourth-order valence-electron chi connectivity index (χ4n) is 3.55. The van der Waals surface area contributed by atoms with Gasteiger partial charge in [0.05, 0.1) is 6.20 Å². The first kappa shape index (κ1) is 23.3. The van der Waals surface area contributed by atoms with Crippen molar-refractivity contribution in [3.8, 4) is 22.5 Å². The van der Waals surface area contributed by atoms with Crippen LogP contribution in [-0.4, -0.2) is 32.1 Å². The van der Waals surface area contributed by atoms with E-state index < -0.39 is 11.7 Å². The van der Waals surface area contributed by atoms with Gasteiger partial charge in [0, 0.05) is 41.3 Å². The first-order chi connectivity index (χ1) is 17.3. The number of aromatic amines is 1. The maximum absolute atomic E-state index is 13.7. The number of H-pyrrole nitrogens is 1. The molecule has 5 rings (SSSR count). The fourth-order valence-corrected chi connectivity index (χ4v) is 3.55. The number of halogens is 3. The Morgan fingerprint density at radius 2 is 1.83 bits per heavy atom. The summed E-state index contributed by atoms with van der Waals surface area (Å²) in [4.78, 5) is 20.1. The molecule has 1 aliphatic rings. The monoisotopic (exact) mass is 490 g/mol. The summed E-state index contributed by atoms with van der Waals surface area (Å²) in [6.07, 6.45) is 4.58. The number of benzene rings is 2. The standard InChI is InChI=1S/C26H21F3N6O/c27-26(28,29)22-15-30-24(18-3-1-2-16(12-18)4-11-23(36)33-20-9-10-20)35-25(22)34-21-7-5-17(6-8-21)19-13-31-32-14-19/h1-8,11-15,20H,9-10H2,(H,31,32)(H,33,36)(H,30,34,35)/b11-4+. The number of amides is 1. The average molecular weight is 490 g/mol. The molecule has 2 aromatic heterocycles. The van der Waals surface area contributed by atoms with E-state index in [0.29, 0.717) is 16.8 Å². The highest BCUT2D eigenvalue weighted by Crippen LogP contribution is 2.36. The topological polar surface area (TPSA) is 95.6 Å². The Labute approximate surface area is 204 Å². The fraction of sp³-hybridized carbons (Fsp3) is 0.154. The number of hydrogen-bond acceptors (Lipinski definition) is 5. The number of alkyl halides is 3. The molecule has 2 heterocycles. The van der Waals surface area contributed by atoms with Crippen molar-refractivity contribution in [2.45, 2.75) is 25.1 Å². The molecule has 2 aromatic carbocycles. The molecule has 0 unspecified atom stereocenters. The van der Waals surface area contributed by atoms with Crippen molar-refractivity contribution in [1.82, 2.24) is 25.5 Å². The molecule has 1 fully saturated rings. The van der Waals surface area contributed by atoms with Crippen molar-refractivity contribution in [3.63, 3.8) is 0 Å². The normalized spacial score (nSPS) is 13.6. The number of carbonyl (C=O) groups excluding carboxylic acids is 1. The van der Waals surface area contributed by atoms with Gasteiger partial charge in [-0.3, -0.25) is 9.89 Å². The van der Waals surface area contributed by atoms with Crippen LogP contribution in [0.4, 0.5) is 24.7 Å². The van der Waals surface area contributed by atoms with E-state index in [-0.39, 0.29) is 23.6 Å². The summed E-state index contributed by atoms with van der Waals surface area (Å²) < 4.78 is 41.1. The lowest BCUT2D eigenvalue weighted by molar-refractivity contribution is -0.137. The van der Waals surface area contributed by atoms with Gasteiger partial charge < -0.3 is 10.6 Å². The van der Waals surface area contributed by atoms with E-state index in [9.17, 15) is 18.0 Å². The van der Waals surface area contributed by atoms with E-state index in [4.69, 9.17) is 0 Å². The molecule has 182 valence electrons. The van der Waals surface area contributed by atoms with Gasteiger partial charge in [-0.25, -0.2) is 9.97 Å². The van der Waals surface area contributed by atoms with Gasteiger partial charge in [0.15, 0.2) is 5.82 Å². The third-order valence-electron chi connectivity index (χ3n) is 5.57. The van der Waals surface area contributed by atoms with E-state index >= 15 is 0 Å². The van der Waals surface area contributed by atoms with Crippen LogP contribution in [0, 0.1) is 0 Å². The largest absolute Gasteiger partial charge is 0.421 e. The Balaban J connectivity index is 1.41. The number of hydrogen-bond donors (Lipinski definition) is 3. The van der Waals surface area contributed by atoms with Crippen LogP contribution in [0.5, 0.6) is 0 Å². The van der Waals surface area contributed by atoms with E-state index in [1.807, 2.05) is 0 Å². The number of carbonyl (C=O) groups is 1. The lowest BCUT2D eigenvalue weighted by Gasteiger charge is -2.15. The van der Waals surface area contributed by atoms with Crippen LogP contribution < -0.4 is 10.6 Å². The maximum Gasteiger partial charge on any atom is 0.421 e. The third kappa shape index (κ3) is 5.60. The molecule has 0 bridgehead atoms. The van der Waals surface area contributed by atoms with Gasteiger partial charge in [-0.05, 0) is 48.2 Å². The van der Waals surface area contributed by atoms with Gasteiger partial charge in [-0.15, -0.1) is 0 Å². The lowest BCUT2D eigenvalue weighted by atomic mass is 10.1. The van der Waals surface area contributed by atoms with E-state index in [1.165, 1.54) is 6.08 Å². The summed E-state index contributed by atoms with van der Waals surface area (Å²) in [6, 6.07) is 14.1. The molecule has 4 aromatic rings. The van der Waals surface area contributed by atoms with Gasteiger partial charge >= 0.3 is 6.18 Å². The first-order valence-corrected chi connectivity index (χ1v) is 11.2. The summed E-state index contributed by atoms with van der Waals surface area (Å²) in [7, 11) is 0. The smallest absolute Gasteiger partial charge is 0.350 e. The first-order valence-electron chi connectivity index (χ1n) is 11.2. The van der Waals surface area contributed by atoms with E-state index in [2.05, 4.69) is 30.8 Å². The predicted molar refractivity (Wildman–Crippen MR) is 130 cm³/mol. The second-order valence-corrected chi connectivity index (χ2v) is 8.38. The average Bonchev–Trinajstić information content (AvgIpc) is 3.50. The lowest BCUT2D eigenvalue weighted by Crippen LogP contribution is -2.22. The minimum atomic E-state index is -4.64.